The summed E-state index contributed by atoms with van der Waals surface area (Å²) in [7, 11) is 2.19. The maximum absolute atomic E-state index is 6.07. The van der Waals surface area contributed by atoms with Crippen molar-refractivity contribution < 1.29 is 0 Å². The van der Waals surface area contributed by atoms with Crippen molar-refractivity contribution in [3.05, 3.63) is 17.0 Å². The molecule has 2 fully saturated rings. The zero-order valence-corrected chi connectivity index (χ0v) is 12.2. The van der Waals surface area contributed by atoms with Crippen LogP contribution < -0.4 is 5.32 Å². The number of rotatable bonds is 4. The maximum Gasteiger partial charge on any atom is 0.135 e. The minimum Gasteiger partial charge on any atom is -0.370 e. The van der Waals surface area contributed by atoms with Gasteiger partial charge in [-0.15, -0.1) is 0 Å². The number of anilines is 1. The second kappa shape index (κ2) is 5.63. The van der Waals surface area contributed by atoms with Crippen LogP contribution in [0.4, 0.5) is 5.82 Å². The number of halogens is 1. The summed E-state index contributed by atoms with van der Waals surface area (Å²) in [6, 6.07) is 1.83. The summed E-state index contributed by atoms with van der Waals surface area (Å²) in [5, 5.41) is 3.99. The van der Waals surface area contributed by atoms with Gasteiger partial charge in [0, 0.05) is 25.1 Å². The predicted octanol–water partition coefficient (Wildman–Crippen LogP) is 2.76. The summed E-state index contributed by atoms with van der Waals surface area (Å²) in [6.45, 7) is 3.37. The van der Waals surface area contributed by atoms with Crippen molar-refractivity contribution in [1.82, 2.24) is 14.9 Å². The summed E-state index contributed by atoms with van der Waals surface area (Å²) < 4.78 is 0. The Balaban J connectivity index is 1.59. The topological polar surface area (TPSA) is 41.0 Å². The molecule has 5 heteroatoms. The molecule has 2 heterocycles. The lowest BCUT2D eigenvalue weighted by Crippen LogP contribution is -2.35. The van der Waals surface area contributed by atoms with Gasteiger partial charge in [0.15, 0.2) is 0 Å². The summed E-state index contributed by atoms with van der Waals surface area (Å²) >= 11 is 6.07. The summed E-state index contributed by atoms with van der Waals surface area (Å²) in [5.74, 6) is 3.04. The van der Waals surface area contributed by atoms with Gasteiger partial charge in [0.1, 0.15) is 16.8 Å². The normalized spacial score (nSPS) is 24.4. The third-order valence-corrected chi connectivity index (χ3v) is 4.14. The minimum atomic E-state index is 0.542. The van der Waals surface area contributed by atoms with Gasteiger partial charge in [-0.05, 0) is 45.2 Å². The molecular formula is C14H21ClN4. The number of hydrogen-bond acceptors (Lipinski definition) is 4. The molecule has 1 aromatic heterocycles. The van der Waals surface area contributed by atoms with Crippen molar-refractivity contribution in [1.29, 1.82) is 0 Å². The number of hydrogen-bond donors (Lipinski definition) is 1. The first-order valence-corrected chi connectivity index (χ1v) is 7.55. The molecule has 4 nitrogen and oxygen atoms in total. The Bertz CT molecular complexity index is 447. The fraction of sp³-hybridized carbons (Fsp3) is 0.714. The van der Waals surface area contributed by atoms with E-state index in [9.17, 15) is 0 Å². The van der Waals surface area contributed by atoms with Gasteiger partial charge in [-0.2, -0.15) is 0 Å². The SMILES string of the molecule is CN1CCCC(CNc2cc(Cl)nc(C3CC3)n2)C1. The highest BCUT2D eigenvalue weighted by Crippen LogP contribution is 2.38. The molecular weight excluding hydrogens is 260 g/mol. The van der Waals surface area contributed by atoms with Crippen molar-refractivity contribution in [3.8, 4) is 0 Å². The van der Waals surface area contributed by atoms with Gasteiger partial charge in [-0.25, -0.2) is 9.97 Å². The zero-order valence-electron chi connectivity index (χ0n) is 11.4. The van der Waals surface area contributed by atoms with E-state index >= 15 is 0 Å². The molecule has 1 saturated carbocycles. The zero-order chi connectivity index (χ0) is 13.2. The van der Waals surface area contributed by atoms with Crippen LogP contribution in [-0.4, -0.2) is 41.5 Å². The molecule has 1 atom stereocenters. The Morgan fingerprint density at radius 1 is 1.37 bits per heavy atom. The van der Waals surface area contributed by atoms with Gasteiger partial charge in [-0.1, -0.05) is 11.6 Å². The van der Waals surface area contributed by atoms with E-state index in [0.29, 0.717) is 17.0 Å². The second-order valence-electron chi connectivity index (χ2n) is 5.86. The third kappa shape index (κ3) is 3.57. The van der Waals surface area contributed by atoms with Crippen molar-refractivity contribution in [2.24, 2.45) is 5.92 Å². The average Bonchev–Trinajstić information content (AvgIpc) is 3.20. The molecule has 1 unspecified atom stereocenters. The van der Waals surface area contributed by atoms with Crippen molar-refractivity contribution in [2.75, 3.05) is 32.0 Å². The first-order valence-electron chi connectivity index (χ1n) is 7.17. The van der Waals surface area contributed by atoms with E-state index < -0.39 is 0 Å². The molecule has 1 aromatic rings. The second-order valence-corrected chi connectivity index (χ2v) is 6.25. The Morgan fingerprint density at radius 3 is 2.95 bits per heavy atom. The largest absolute Gasteiger partial charge is 0.370 e. The average molecular weight is 281 g/mol. The van der Waals surface area contributed by atoms with Gasteiger partial charge in [-0.3, -0.25) is 0 Å². The van der Waals surface area contributed by atoms with E-state index in [-0.39, 0.29) is 0 Å². The standard InChI is InChI=1S/C14H21ClN4/c1-19-6-2-3-10(9-19)8-16-13-7-12(15)17-14(18-13)11-4-5-11/h7,10-11H,2-6,8-9H2,1H3,(H,16,17,18). The smallest absolute Gasteiger partial charge is 0.135 e. The Labute approximate surface area is 119 Å². The first kappa shape index (κ1) is 13.1. The summed E-state index contributed by atoms with van der Waals surface area (Å²) in [4.78, 5) is 11.3. The van der Waals surface area contributed by atoms with E-state index in [4.69, 9.17) is 11.6 Å². The molecule has 0 bridgehead atoms. The molecule has 0 spiro atoms. The fourth-order valence-corrected chi connectivity index (χ4v) is 2.93. The van der Waals surface area contributed by atoms with Crippen LogP contribution in [0.3, 0.4) is 0 Å². The number of piperidine rings is 1. The lowest BCUT2D eigenvalue weighted by atomic mass is 9.98. The molecule has 1 saturated heterocycles. The van der Waals surface area contributed by atoms with Gasteiger partial charge >= 0.3 is 0 Å². The van der Waals surface area contributed by atoms with E-state index in [1.807, 2.05) is 6.07 Å². The molecule has 0 amide bonds. The lowest BCUT2D eigenvalue weighted by molar-refractivity contribution is 0.217. The maximum atomic E-state index is 6.07. The molecule has 0 aromatic carbocycles. The molecule has 1 N–H and O–H groups in total. The summed E-state index contributed by atoms with van der Waals surface area (Å²) in [6.07, 6.45) is 4.99. The number of likely N-dealkylation sites (tertiary alicyclic amines) is 1. The molecule has 1 aliphatic heterocycles. The lowest BCUT2D eigenvalue weighted by Gasteiger charge is -2.29. The van der Waals surface area contributed by atoms with Crippen molar-refractivity contribution in [3.63, 3.8) is 0 Å². The van der Waals surface area contributed by atoms with Crippen molar-refractivity contribution >= 4 is 17.4 Å². The quantitative estimate of drug-likeness (QED) is 0.861. The van der Waals surface area contributed by atoms with E-state index in [2.05, 4.69) is 27.2 Å². The molecule has 104 valence electrons. The van der Waals surface area contributed by atoms with Gasteiger partial charge < -0.3 is 10.2 Å². The number of aromatic nitrogens is 2. The molecule has 3 rings (SSSR count). The van der Waals surface area contributed by atoms with Crippen LogP contribution >= 0.6 is 11.6 Å². The van der Waals surface area contributed by atoms with Gasteiger partial charge in [0.25, 0.3) is 0 Å². The predicted molar refractivity (Wildman–Crippen MR) is 77.7 cm³/mol. The van der Waals surface area contributed by atoms with E-state index in [0.717, 1.165) is 18.2 Å². The van der Waals surface area contributed by atoms with Crippen LogP contribution in [0.5, 0.6) is 0 Å². The van der Waals surface area contributed by atoms with Gasteiger partial charge in [0.2, 0.25) is 0 Å². The van der Waals surface area contributed by atoms with Crippen LogP contribution in [0.25, 0.3) is 0 Å². The highest BCUT2D eigenvalue weighted by Gasteiger charge is 2.27. The van der Waals surface area contributed by atoms with Crippen LogP contribution in [0.2, 0.25) is 5.15 Å². The number of nitrogens with one attached hydrogen (secondary N) is 1. The minimum absolute atomic E-state index is 0.542. The number of nitrogens with zero attached hydrogens (tertiary/aromatic N) is 3. The van der Waals surface area contributed by atoms with E-state index in [1.54, 1.807) is 0 Å². The highest BCUT2D eigenvalue weighted by atomic mass is 35.5. The Hall–Kier alpha value is -0.870. The Morgan fingerprint density at radius 2 is 2.21 bits per heavy atom. The van der Waals surface area contributed by atoms with Crippen molar-refractivity contribution in [2.45, 2.75) is 31.6 Å². The Kier molecular flexibility index (Phi) is 3.89. The fourth-order valence-electron chi connectivity index (χ4n) is 2.74. The van der Waals surface area contributed by atoms with E-state index in [1.165, 1.54) is 38.8 Å². The van der Waals surface area contributed by atoms with Gasteiger partial charge in [0.05, 0.1) is 0 Å². The monoisotopic (exact) mass is 280 g/mol. The van der Waals surface area contributed by atoms with Crippen LogP contribution in [0.15, 0.2) is 6.07 Å². The molecule has 1 aliphatic carbocycles. The van der Waals surface area contributed by atoms with Crippen LogP contribution in [-0.2, 0) is 0 Å². The first-order chi connectivity index (χ1) is 9.20. The molecule has 2 aliphatic rings. The molecule has 19 heavy (non-hydrogen) atoms. The highest BCUT2D eigenvalue weighted by molar-refractivity contribution is 6.29. The third-order valence-electron chi connectivity index (χ3n) is 3.95. The van der Waals surface area contributed by atoms with Crippen LogP contribution in [0.1, 0.15) is 37.4 Å². The summed E-state index contributed by atoms with van der Waals surface area (Å²) in [5.41, 5.74) is 0. The van der Waals surface area contributed by atoms with Crippen LogP contribution in [0, 0.1) is 5.92 Å². The molecule has 0 radical (unpaired) electrons.